The molecule has 0 fully saturated rings. The van der Waals surface area contributed by atoms with Crippen molar-refractivity contribution >= 4 is 24.6 Å². The van der Waals surface area contributed by atoms with Crippen LogP contribution in [0.1, 0.15) is 46.0 Å². The second-order valence-electron chi connectivity index (χ2n) is 5.43. The molecule has 0 aliphatic carbocycles. The van der Waals surface area contributed by atoms with Crippen molar-refractivity contribution in [3.05, 3.63) is 0 Å². The Morgan fingerprint density at radius 3 is 2.44 bits per heavy atom. The van der Waals surface area contributed by atoms with E-state index in [0.29, 0.717) is 0 Å². The molecule has 0 aromatic heterocycles. The molecule has 0 heterocycles. The van der Waals surface area contributed by atoms with Crippen molar-refractivity contribution in [1.82, 2.24) is 0 Å². The van der Waals surface area contributed by atoms with Gasteiger partial charge in [0.25, 0.3) is 0 Å². The van der Waals surface area contributed by atoms with Crippen LogP contribution in [-0.4, -0.2) is 25.2 Å². The maximum Gasteiger partial charge on any atom is 0.108 e. The molecular formula is C13H29NSSi. The van der Waals surface area contributed by atoms with Gasteiger partial charge in [-0.3, -0.25) is 4.99 Å². The predicted octanol–water partition coefficient (Wildman–Crippen LogP) is 4.98. The quantitative estimate of drug-likeness (QED) is 0.323. The Bertz CT molecular complexity index is 187. The molecule has 0 rings (SSSR count). The highest BCUT2D eigenvalue weighted by Gasteiger charge is 2.16. The van der Waals surface area contributed by atoms with E-state index in [9.17, 15) is 0 Å². The summed E-state index contributed by atoms with van der Waals surface area (Å²) in [5.74, 6) is 0. The number of unbranched alkanes of at least 4 members (excludes halogenated alkanes) is 3. The van der Waals surface area contributed by atoms with Gasteiger partial charge in [0, 0.05) is 11.8 Å². The molecule has 0 N–H and O–H groups in total. The third kappa shape index (κ3) is 12.3. The Kier molecular flexibility index (Phi) is 9.42. The molecule has 0 spiro atoms. The Labute approximate surface area is 107 Å². The minimum absolute atomic E-state index is 0.742. The van der Waals surface area contributed by atoms with E-state index in [0.717, 1.165) is 18.2 Å². The van der Waals surface area contributed by atoms with Crippen molar-refractivity contribution in [2.45, 2.75) is 70.8 Å². The van der Waals surface area contributed by atoms with Gasteiger partial charge in [0.05, 0.1) is 0 Å². The Morgan fingerprint density at radius 1 is 1.19 bits per heavy atom. The third-order valence-corrected chi connectivity index (χ3v) is 6.89. The molecule has 96 valence electrons. The van der Waals surface area contributed by atoms with Crippen LogP contribution < -0.4 is 0 Å². The van der Waals surface area contributed by atoms with Gasteiger partial charge in [0.1, 0.15) is 7.22 Å². The van der Waals surface area contributed by atoms with Crippen molar-refractivity contribution in [2.24, 2.45) is 4.99 Å². The summed E-state index contributed by atoms with van der Waals surface area (Å²) in [6.45, 7) is 12.8. The van der Waals surface area contributed by atoms with Crippen LogP contribution in [0.2, 0.25) is 19.6 Å². The summed E-state index contributed by atoms with van der Waals surface area (Å²) in [6, 6.07) is 0. The minimum Gasteiger partial charge on any atom is -0.297 e. The van der Waals surface area contributed by atoms with Crippen LogP contribution in [0.4, 0.5) is 0 Å². The molecule has 0 aliphatic heterocycles. The molecule has 1 unspecified atom stereocenters. The highest BCUT2D eigenvalue weighted by Crippen LogP contribution is 2.25. The third-order valence-electron chi connectivity index (χ3n) is 2.26. The SMILES string of the molecule is CCCCCCN=CCC(C)S[Si](C)(C)C. The number of nitrogens with zero attached hydrogens (tertiary/aromatic N) is 1. The topological polar surface area (TPSA) is 12.4 Å². The van der Waals surface area contributed by atoms with E-state index >= 15 is 0 Å². The highest BCUT2D eigenvalue weighted by molar-refractivity contribution is 8.29. The summed E-state index contributed by atoms with van der Waals surface area (Å²) in [6.07, 6.45) is 8.56. The molecule has 1 atom stereocenters. The fourth-order valence-corrected chi connectivity index (χ4v) is 6.90. The molecule has 0 aliphatic rings. The average Bonchev–Trinajstić information content (AvgIpc) is 2.13. The molecule has 0 aromatic rings. The van der Waals surface area contributed by atoms with E-state index in [1.807, 2.05) is 0 Å². The summed E-state index contributed by atoms with van der Waals surface area (Å²) in [7, 11) is -0.951. The lowest BCUT2D eigenvalue weighted by atomic mass is 10.2. The maximum absolute atomic E-state index is 4.49. The van der Waals surface area contributed by atoms with Gasteiger partial charge in [-0.25, -0.2) is 0 Å². The molecule has 0 aromatic carbocycles. The van der Waals surface area contributed by atoms with Crippen LogP contribution in [-0.2, 0) is 0 Å². The van der Waals surface area contributed by atoms with E-state index in [2.05, 4.69) is 55.9 Å². The van der Waals surface area contributed by atoms with E-state index in [1.165, 1.54) is 25.7 Å². The van der Waals surface area contributed by atoms with Crippen molar-refractivity contribution in [3.63, 3.8) is 0 Å². The van der Waals surface area contributed by atoms with Crippen LogP contribution >= 0.6 is 11.2 Å². The normalized spacial score (nSPS) is 14.6. The first-order valence-electron chi connectivity index (χ1n) is 6.62. The van der Waals surface area contributed by atoms with Crippen LogP contribution in [0.5, 0.6) is 0 Å². The van der Waals surface area contributed by atoms with Crippen LogP contribution in [0.15, 0.2) is 4.99 Å². The fourth-order valence-electron chi connectivity index (χ4n) is 1.60. The van der Waals surface area contributed by atoms with Crippen molar-refractivity contribution < 1.29 is 0 Å². The Hall–Kier alpha value is 0.237. The van der Waals surface area contributed by atoms with Gasteiger partial charge < -0.3 is 0 Å². The summed E-state index contributed by atoms with van der Waals surface area (Å²) >= 11 is 2.18. The first-order chi connectivity index (χ1) is 7.45. The van der Waals surface area contributed by atoms with Crippen molar-refractivity contribution in [1.29, 1.82) is 0 Å². The summed E-state index contributed by atoms with van der Waals surface area (Å²) < 4.78 is 0. The zero-order valence-corrected chi connectivity index (χ0v) is 13.6. The summed E-state index contributed by atoms with van der Waals surface area (Å²) in [5.41, 5.74) is 0. The first-order valence-corrected chi connectivity index (χ1v) is 11.7. The zero-order chi connectivity index (χ0) is 12.4. The monoisotopic (exact) mass is 259 g/mol. The van der Waals surface area contributed by atoms with Crippen molar-refractivity contribution in [2.75, 3.05) is 6.54 Å². The molecular weight excluding hydrogens is 230 g/mol. The molecule has 0 bridgehead atoms. The minimum atomic E-state index is -0.951. The number of rotatable bonds is 9. The number of hydrogen-bond donors (Lipinski definition) is 0. The summed E-state index contributed by atoms with van der Waals surface area (Å²) in [4.78, 5) is 4.49. The molecule has 0 radical (unpaired) electrons. The molecule has 0 saturated heterocycles. The lowest BCUT2D eigenvalue weighted by Gasteiger charge is -2.19. The number of aliphatic imine (C=N–C) groups is 1. The second kappa shape index (κ2) is 9.29. The maximum atomic E-state index is 4.49. The Balaban J connectivity index is 3.45. The van der Waals surface area contributed by atoms with Gasteiger partial charge in [0.2, 0.25) is 0 Å². The average molecular weight is 260 g/mol. The molecule has 0 amide bonds. The van der Waals surface area contributed by atoms with Gasteiger partial charge in [0.15, 0.2) is 0 Å². The largest absolute Gasteiger partial charge is 0.297 e. The van der Waals surface area contributed by atoms with Gasteiger partial charge in [-0.15, -0.1) is 0 Å². The molecule has 3 heteroatoms. The smallest absolute Gasteiger partial charge is 0.108 e. The van der Waals surface area contributed by atoms with E-state index in [1.54, 1.807) is 0 Å². The first kappa shape index (κ1) is 16.2. The standard InChI is InChI=1S/C13H29NSSi/c1-6-7-8-9-11-14-12-10-13(2)15-16(3,4)5/h12-13H,6-11H2,1-5H3. The van der Waals surface area contributed by atoms with E-state index < -0.39 is 7.22 Å². The predicted molar refractivity (Wildman–Crippen MR) is 82.5 cm³/mol. The second-order valence-corrected chi connectivity index (χ2v) is 15.1. The fraction of sp³-hybridized carbons (Fsp3) is 0.923. The zero-order valence-electron chi connectivity index (χ0n) is 11.8. The lowest BCUT2D eigenvalue weighted by Crippen LogP contribution is -2.18. The van der Waals surface area contributed by atoms with Gasteiger partial charge in [-0.1, -0.05) is 52.8 Å². The summed E-state index contributed by atoms with van der Waals surface area (Å²) in [5, 5.41) is 0.742. The lowest BCUT2D eigenvalue weighted by molar-refractivity contribution is 0.675. The van der Waals surface area contributed by atoms with Gasteiger partial charge in [-0.05, 0) is 19.1 Å². The molecule has 1 nitrogen and oxygen atoms in total. The van der Waals surface area contributed by atoms with Gasteiger partial charge >= 0.3 is 0 Å². The highest BCUT2D eigenvalue weighted by atomic mass is 32.4. The Morgan fingerprint density at radius 2 is 1.88 bits per heavy atom. The van der Waals surface area contributed by atoms with Crippen LogP contribution in [0, 0.1) is 0 Å². The van der Waals surface area contributed by atoms with E-state index in [-0.39, 0.29) is 0 Å². The van der Waals surface area contributed by atoms with Crippen molar-refractivity contribution in [3.8, 4) is 0 Å². The van der Waals surface area contributed by atoms with Crippen LogP contribution in [0.25, 0.3) is 0 Å². The van der Waals surface area contributed by atoms with E-state index in [4.69, 9.17) is 0 Å². The number of hydrogen-bond acceptors (Lipinski definition) is 2. The molecule has 16 heavy (non-hydrogen) atoms. The molecule has 0 saturated carbocycles. The van der Waals surface area contributed by atoms with Crippen LogP contribution in [0.3, 0.4) is 0 Å². The van der Waals surface area contributed by atoms with Gasteiger partial charge in [-0.2, -0.15) is 11.2 Å².